The molecule has 0 radical (unpaired) electrons. The van der Waals surface area contributed by atoms with Crippen molar-refractivity contribution in [2.45, 2.75) is 20.0 Å². The lowest BCUT2D eigenvalue weighted by molar-refractivity contribution is -0.137. The highest BCUT2D eigenvalue weighted by Gasteiger charge is 2.35. The molecule has 1 heterocycles. The van der Waals surface area contributed by atoms with Gasteiger partial charge in [0, 0.05) is 24.3 Å². The van der Waals surface area contributed by atoms with Gasteiger partial charge in [0.15, 0.2) is 0 Å². The molecule has 1 aromatic carbocycles. The molecule has 1 fully saturated rings. The largest absolute Gasteiger partial charge is 0.417 e. The van der Waals surface area contributed by atoms with Crippen molar-refractivity contribution in [3.8, 4) is 0 Å². The number of thiocarbonyl (C=S) groups is 1. The van der Waals surface area contributed by atoms with Crippen molar-refractivity contribution in [2.24, 2.45) is 17.6 Å². The van der Waals surface area contributed by atoms with Gasteiger partial charge in [0.1, 0.15) is 4.99 Å². The van der Waals surface area contributed by atoms with Crippen molar-refractivity contribution in [1.82, 2.24) is 0 Å². The number of benzene rings is 1. The fraction of sp³-hybridized carbons (Fsp3) is 0.500. The molecule has 110 valence electrons. The number of nitrogens with two attached hydrogens (primary N) is 1. The summed E-state index contributed by atoms with van der Waals surface area (Å²) in [4.78, 5) is 1.86. The topological polar surface area (TPSA) is 29.3 Å². The van der Waals surface area contributed by atoms with Crippen LogP contribution in [-0.2, 0) is 6.18 Å². The summed E-state index contributed by atoms with van der Waals surface area (Å²) in [5.41, 5.74) is 5.32. The van der Waals surface area contributed by atoms with Crippen molar-refractivity contribution in [1.29, 1.82) is 0 Å². The third-order valence-corrected chi connectivity index (χ3v) is 4.15. The Labute approximate surface area is 121 Å². The van der Waals surface area contributed by atoms with E-state index in [9.17, 15) is 13.2 Å². The van der Waals surface area contributed by atoms with E-state index in [1.165, 1.54) is 12.1 Å². The van der Waals surface area contributed by atoms with Crippen LogP contribution in [0.5, 0.6) is 0 Å². The lowest BCUT2D eigenvalue weighted by atomic mass is 10.0. The lowest BCUT2D eigenvalue weighted by Gasteiger charge is -2.21. The van der Waals surface area contributed by atoms with Crippen LogP contribution >= 0.6 is 12.2 Å². The molecule has 1 aliphatic rings. The summed E-state index contributed by atoms with van der Waals surface area (Å²) in [5, 5.41) is 0. The van der Waals surface area contributed by atoms with E-state index in [0.717, 1.165) is 24.8 Å². The highest BCUT2D eigenvalue weighted by Crippen LogP contribution is 2.35. The first-order valence-electron chi connectivity index (χ1n) is 6.46. The Bertz CT molecular complexity index is 518. The fourth-order valence-electron chi connectivity index (χ4n) is 2.52. The summed E-state index contributed by atoms with van der Waals surface area (Å²) in [6.45, 7) is 5.96. The van der Waals surface area contributed by atoms with Crippen LogP contribution in [0.4, 0.5) is 18.9 Å². The number of rotatable bonds is 2. The molecule has 6 heteroatoms. The number of hydrogen-bond acceptors (Lipinski definition) is 2. The molecule has 1 aromatic rings. The molecule has 2 nitrogen and oxygen atoms in total. The molecule has 0 amide bonds. The zero-order valence-electron chi connectivity index (χ0n) is 11.4. The molecule has 0 bridgehead atoms. The molecule has 0 aromatic heterocycles. The summed E-state index contributed by atoms with van der Waals surface area (Å²) in [6.07, 6.45) is -4.44. The van der Waals surface area contributed by atoms with Crippen LogP contribution in [0, 0.1) is 11.8 Å². The van der Waals surface area contributed by atoms with Crippen LogP contribution in [0.1, 0.15) is 25.0 Å². The SMILES string of the molecule is CC1CN(c2ccc(C(F)(F)F)c(C(N)=S)c2)CC1C. The van der Waals surface area contributed by atoms with Crippen molar-refractivity contribution in [3.63, 3.8) is 0 Å². The van der Waals surface area contributed by atoms with Gasteiger partial charge in [0.05, 0.1) is 5.56 Å². The average Bonchev–Trinajstić information content (AvgIpc) is 2.67. The Balaban J connectivity index is 2.39. The molecule has 2 unspecified atom stereocenters. The Kier molecular flexibility index (Phi) is 3.95. The van der Waals surface area contributed by atoms with E-state index in [0.29, 0.717) is 11.8 Å². The van der Waals surface area contributed by atoms with E-state index >= 15 is 0 Å². The number of nitrogens with zero attached hydrogens (tertiary/aromatic N) is 1. The molecule has 2 rings (SSSR count). The monoisotopic (exact) mass is 302 g/mol. The predicted molar refractivity (Wildman–Crippen MR) is 77.9 cm³/mol. The van der Waals surface area contributed by atoms with Crippen molar-refractivity contribution in [3.05, 3.63) is 29.3 Å². The summed E-state index contributed by atoms with van der Waals surface area (Å²) in [7, 11) is 0. The normalized spacial score (nSPS) is 23.1. The van der Waals surface area contributed by atoms with Gasteiger partial charge in [-0.2, -0.15) is 13.2 Å². The average molecular weight is 302 g/mol. The molecular formula is C14H17F3N2S. The van der Waals surface area contributed by atoms with E-state index in [-0.39, 0.29) is 10.6 Å². The minimum atomic E-state index is -4.44. The standard InChI is InChI=1S/C14H17F3N2S/c1-8-6-19(7-9(8)2)10-3-4-12(14(15,16)17)11(5-10)13(18)20/h3-5,8-9H,6-7H2,1-2H3,(H2,18,20). The zero-order valence-corrected chi connectivity index (χ0v) is 12.2. The number of alkyl halides is 3. The van der Waals surface area contributed by atoms with Crippen LogP contribution in [0.25, 0.3) is 0 Å². The van der Waals surface area contributed by atoms with E-state index < -0.39 is 11.7 Å². The van der Waals surface area contributed by atoms with Crippen LogP contribution in [0.2, 0.25) is 0 Å². The molecule has 0 saturated carbocycles. The maximum Gasteiger partial charge on any atom is 0.417 e. The number of halogens is 3. The number of anilines is 1. The van der Waals surface area contributed by atoms with Gasteiger partial charge in [-0.1, -0.05) is 26.1 Å². The van der Waals surface area contributed by atoms with Gasteiger partial charge < -0.3 is 10.6 Å². The van der Waals surface area contributed by atoms with Crippen molar-refractivity contribution >= 4 is 22.9 Å². The molecule has 1 aliphatic heterocycles. The van der Waals surface area contributed by atoms with E-state index in [1.807, 2.05) is 0 Å². The maximum absolute atomic E-state index is 12.9. The summed E-state index contributed by atoms with van der Waals surface area (Å²) < 4.78 is 38.7. The van der Waals surface area contributed by atoms with Gasteiger partial charge in [-0.15, -0.1) is 0 Å². The summed E-state index contributed by atoms with van der Waals surface area (Å²) in [6, 6.07) is 4.02. The van der Waals surface area contributed by atoms with Gasteiger partial charge in [0.2, 0.25) is 0 Å². The van der Waals surface area contributed by atoms with Crippen LogP contribution in [0.3, 0.4) is 0 Å². The van der Waals surface area contributed by atoms with E-state index in [4.69, 9.17) is 18.0 Å². The molecule has 1 saturated heterocycles. The highest BCUT2D eigenvalue weighted by molar-refractivity contribution is 7.80. The Hall–Kier alpha value is -1.30. The first-order valence-corrected chi connectivity index (χ1v) is 6.87. The predicted octanol–water partition coefficient (Wildman–Crippen LogP) is 3.43. The quantitative estimate of drug-likeness (QED) is 0.849. The Morgan fingerprint density at radius 3 is 2.25 bits per heavy atom. The van der Waals surface area contributed by atoms with Gasteiger partial charge in [-0.25, -0.2) is 0 Å². The second-order valence-electron chi connectivity index (χ2n) is 5.45. The van der Waals surface area contributed by atoms with Crippen LogP contribution < -0.4 is 10.6 Å². The van der Waals surface area contributed by atoms with Gasteiger partial charge in [-0.3, -0.25) is 0 Å². The molecule has 2 atom stereocenters. The fourth-order valence-corrected chi connectivity index (χ4v) is 2.69. The number of hydrogen-bond donors (Lipinski definition) is 1. The lowest BCUT2D eigenvalue weighted by Crippen LogP contribution is -2.22. The Morgan fingerprint density at radius 2 is 1.80 bits per heavy atom. The van der Waals surface area contributed by atoms with Crippen molar-refractivity contribution in [2.75, 3.05) is 18.0 Å². The van der Waals surface area contributed by atoms with Gasteiger partial charge >= 0.3 is 6.18 Å². The highest BCUT2D eigenvalue weighted by atomic mass is 32.1. The third-order valence-electron chi connectivity index (χ3n) is 3.93. The Morgan fingerprint density at radius 1 is 1.25 bits per heavy atom. The summed E-state index contributed by atoms with van der Waals surface area (Å²) in [5.74, 6) is 1.04. The minimum Gasteiger partial charge on any atom is -0.389 e. The minimum absolute atomic E-state index is 0.0998. The van der Waals surface area contributed by atoms with Gasteiger partial charge in [-0.05, 0) is 30.0 Å². The van der Waals surface area contributed by atoms with Crippen LogP contribution in [0.15, 0.2) is 18.2 Å². The van der Waals surface area contributed by atoms with Crippen LogP contribution in [-0.4, -0.2) is 18.1 Å². The van der Waals surface area contributed by atoms with E-state index in [2.05, 4.69) is 18.7 Å². The second kappa shape index (κ2) is 5.24. The molecular weight excluding hydrogens is 285 g/mol. The zero-order chi connectivity index (χ0) is 15.1. The van der Waals surface area contributed by atoms with E-state index in [1.54, 1.807) is 0 Å². The van der Waals surface area contributed by atoms with Crippen molar-refractivity contribution < 1.29 is 13.2 Å². The first kappa shape index (κ1) is 15.1. The molecule has 0 aliphatic carbocycles. The van der Waals surface area contributed by atoms with Gasteiger partial charge in [0.25, 0.3) is 0 Å². The molecule has 2 N–H and O–H groups in total. The maximum atomic E-state index is 12.9. The molecule has 20 heavy (non-hydrogen) atoms. The summed E-state index contributed by atoms with van der Waals surface area (Å²) >= 11 is 4.76. The smallest absolute Gasteiger partial charge is 0.389 e. The third kappa shape index (κ3) is 2.90. The molecule has 0 spiro atoms. The first-order chi connectivity index (χ1) is 9.20. The second-order valence-corrected chi connectivity index (χ2v) is 5.89.